The van der Waals surface area contributed by atoms with E-state index < -0.39 is 23.1 Å². The first-order valence-electron chi connectivity index (χ1n) is 12.5. The number of likely N-dealkylation sites (N-methyl/N-ethyl adjacent to an activating group) is 1. The van der Waals surface area contributed by atoms with Crippen molar-refractivity contribution in [2.24, 2.45) is 0 Å². The fourth-order valence-corrected chi connectivity index (χ4v) is 4.51. The summed E-state index contributed by atoms with van der Waals surface area (Å²) in [5, 5.41) is 3.51. The maximum atomic E-state index is 13.5. The molecule has 2 aromatic heterocycles. The number of amides is 1. The Balaban J connectivity index is 1.25. The van der Waals surface area contributed by atoms with Crippen LogP contribution < -0.4 is 15.6 Å². The Morgan fingerprint density at radius 1 is 1.15 bits per heavy atom. The monoisotopic (exact) mass is 528 g/mol. The molecule has 0 radical (unpaired) electrons. The SMILES string of the molecule is CN1CCC(Oc2ccnc3ccc(C#CCNC(=O)c4cccn(Cc5ccc(F)c(F)c5)c4=O)cc23)C1. The van der Waals surface area contributed by atoms with E-state index in [9.17, 15) is 18.4 Å². The van der Waals surface area contributed by atoms with Crippen LogP contribution in [0.1, 0.15) is 27.9 Å². The van der Waals surface area contributed by atoms with Crippen LogP contribution in [-0.4, -0.2) is 53.1 Å². The number of nitrogens with zero attached hydrogens (tertiary/aromatic N) is 3. The fourth-order valence-electron chi connectivity index (χ4n) is 4.51. The van der Waals surface area contributed by atoms with E-state index in [1.165, 1.54) is 22.9 Å². The van der Waals surface area contributed by atoms with E-state index >= 15 is 0 Å². The number of fused-ring (bicyclic) bond motifs is 1. The molecule has 1 aliphatic rings. The summed E-state index contributed by atoms with van der Waals surface area (Å²) in [6.07, 6.45) is 4.31. The zero-order valence-electron chi connectivity index (χ0n) is 21.3. The van der Waals surface area contributed by atoms with Gasteiger partial charge in [0.25, 0.3) is 11.5 Å². The summed E-state index contributed by atoms with van der Waals surface area (Å²) in [6, 6.07) is 13.9. The molecule has 5 rings (SSSR count). The summed E-state index contributed by atoms with van der Waals surface area (Å²) in [6.45, 7) is 1.90. The van der Waals surface area contributed by atoms with E-state index in [0.717, 1.165) is 53.9 Å². The van der Waals surface area contributed by atoms with Gasteiger partial charge in [0.15, 0.2) is 11.6 Å². The first-order chi connectivity index (χ1) is 18.9. The van der Waals surface area contributed by atoms with Crippen molar-refractivity contribution in [1.82, 2.24) is 19.8 Å². The molecule has 3 heterocycles. The van der Waals surface area contributed by atoms with Crippen LogP contribution in [-0.2, 0) is 6.54 Å². The van der Waals surface area contributed by atoms with E-state index in [2.05, 4.69) is 34.1 Å². The van der Waals surface area contributed by atoms with E-state index in [1.807, 2.05) is 24.3 Å². The second kappa shape index (κ2) is 11.5. The van der Waals surface area contributed by atoms with E-state index in [1.54, 1.807) is 12.3 Å². The first-order valence-corrected chi connectivity index (χ1v) is 12.5. The lowest BCUT2D eigenvalue weighted by Gasteiger charge is -2.15. The normalized spacial score (nSPS) is 15.1. The van der Waals surface area contributed by atoms with Gasteiger partial charge in [-0.3, -0.25) is 14.6 Å². The molecule has 198 valence electrons. The summed E-state index contributed by atoms with van der Waals surface area (Å²) >= 11 is 0. The molecule has 2 aromatic carbocycles. The quantitative estimate of drug-likeness (QED) is 0.387. The lowest BCUT2D eigenvalue weighted by molar-refractivity contribution is 0.0956. The molecule has 1 N–H and O–H groups in total. The van der Waals surface area contributed by atoms with Gasteiger partial charge in [0.2, 0.25) is 0 Å². The van der Waals surface area contributed by atoms with Gasteiger partial charge in [-0.15, -0.1) is 0 Å². The van der Waals surface area contributed by atoms with Crippen LogP contribution >= 0.6 is 0 Å². The number of hydrogen-bond donors (Lipinski definition) is 1. The molecule has 4 aromatic rings. The van der Waals surface area contributed by atoms with Gasteiger partial charge in [-0.1, -0.05) is 17.9 Å². The molecule has 0 saturated carbocycles. The Morgan fingerprint density at radius 3 is 2.82 bits per heavy atom. The number of pyridine rings is 2. The largest absolute Gasteiger partial charge is 0.488 e. The zero-order chi connectivity index (χ0) is 27.4. The molecule has 9 heteroatoms. The van der Waals surface area contributed by atoms with Crippen molar-refractivity contribution in [1.29, 1.82) is 0 Å². The van der Waals surface area contributed by atoms with Crippen molar-refractivity contribution in [2.45, 2.75) is 19.1 Å². The van der Waals surface area contributed by atoms with Gasteiger partial charge in [-0.25, -0.2) is 8.78 Å². The van der Waals surface area contributed by atoms with E-state index in [-0.39, 0.29) is 24.8 Å². The predicted octanol–water partition coefficient (Wildman–Crippen LogP) is 3.59. The fraction of sp³-hybridized carbons (Fsp3) is 0.233. The molecule has 1 unspecified atom stereocenters. The summed E-state index contributed by atoms with van der Waals surface area (Å²) < 4.78 is 34.2. The third-order valence-corrected chi connectivity index (χ3v) is 6.52. The highest BCUT2D eigenvalue weighted by Gasteiger charge is 2.21. The third-order valence-electron chi connectivity index (χ3n) is 6.52. The number of halogens is 2. The number of hydrogen-bond acceptors (Lipinski definition) is 5. The smallest absolute Gasteiger partial charge is 0.263 e. The number of carbonyl (C=O) groups is 1. The molecule has 1 amide bonds. The van der Waals surface area contributed by atoms with E-state index in [0.29, 0.717) is 5.56 Å². The molecule has 39 heavy (non-hydrogen) atoms. The van der Waals surface area contributed by atoms with Gasteiger partial charge in [0, 0.05) is 36.4 Å². The molecule has 7 nitrogen and oxygen atoms in total. The lowest BCUT2D eigenvalue weighted by atomic mass is 10.1. The molecular formula is C30H26F2N4O3. The van der Waals surface area contributed by atoms with Crippen molar-refractivity contribution in [2.75, 3.05) is 26.7 Å². The van der Waals surface area contributed by atoms with Crippen molar-refractivity contribution >= 4 is 16.8 Å². The topological polar surface area (TPSA) is 76.5 Å². The number of benzene rings is 2. The second-order valence-electron chi connectivity index (χ2n) is 9.42. The van der Waals surface area contributed by atoms with E-state index in [4.69, 9.17) is 4.74 Å². The van der Waals surface area contributed by atoms with Gasteiger partial charge >= 0.3 is 0 Å². The van der Waals surface area contributed by atoms with Gasteiger partial charge in [-0.05, 0) is 67.6 Å². The molecular weight excluding hydrogens is 502 g/mol. The van der Waals surface area contributed by atoms with Gasteiger partial charge in [0.1, 0.15) is 17.4 Å². The van der Waals surface area contributed by atoms with Crippen LogP contribution in [0.15, 0.2) is 71.8 Å². The van der Waals surface area contributed by atoms with Gasteiger partial charge in [-0.2, -0.15) is 0 Å². The van der Waals surface area contributed by atoms with Crippen LogP contribution in [0.2, 0.25) is 0 Å². The van der Waals surface area contributed by atoms with Gasteiger partial charge < -0.3 is 19.5 Å². The molecule has 1 saturated heterocycles. The Kier molecular flexibility index (Phi) is 7.66. The number of nitrogens with one attached hydrogen (secondary N) is 1. The maximum absolute atomic E-state index is 13.5. The molecule has 1 fully saturated rings. The van der Waals surface area contributed by atoms with Crippen LogP contribution in [0.25, 0.3) is 10.9 Å². The van der Waals surface area contributed by atoms with Crippen molar-refractivity contribution < 1.29 is 18.3 Å². The zero-order valence-corrected chi connectivity index (χ0v) is 21.3. The third kappa shape index (κ3) is 6.13. The molecule has 0 aliphatic carbocycles. The number of rotatable bonds is 6. The Labute approximate surface area is 224 Å². The minimum absolute atomic E-state index is 0.00305. The van der Waals surface area contributed by atoms with Crippen LogP contribution in [0.5, 0.6) is 5.75 Å². The van der Waals surface area contributed by atoms with Crippen molar-refractivity contribution in [3.63, 3.8) is 0 Å². The molecule has 0 bridgehead atoms. The highest BCUT2D eigenvalue weighted by molar-refractivity contribution is 5.94. The van der Waals surface area contributed by atoms with Crippen LogP contribution in [0.3, 0.4) is 0 Å². The highest BCUT2D eigenvalue weighted by atomic mass is 19.2. The average molecular weight is 529 g/mol. The lowest BCUT2D eigenvalue weighted by Crippen LogP contribution is -2.33. The number of aromatic nitrogens is 2. The van der Waals surface area contributed by atoms with Crippen molar-refractivity contribution in [3.05, 3.63) is 106 Å². The Hall–Kier alpha value is -4.55. The summed E-state index contributed by atoms with van der Waals surface area (Å²) in [5.74, 6) is 4.17. The maximum Gasteiger partial charge on any atom is 0.263 e. The number of likely N-dealkylation sites (tertiary alicyclic amines) is 1. The number of carbonyl (C=O) groups excluding carboxylic acids is 1. The minimum Gasteiger partial charge on any atom is -0.488 e. The molecule has 0 spiro atoms. The van der Waals surface area contributed by atoms with Gasteiger partial charge in [0.05, 0.1) is 18.6 Å². The average Bonchev–Trinajstić information content (AvgIpc) is 3.34. The highest BCUT2D eigenvalue weighted by Crippen LogP contribution is 2.27. The molecule has 1 atom stereocenters. The summed E-state index contributed by atoms with van der Waals surface area (Å²) in [5.41, 5.74) is 1.33. The number of ether oxygens (including phenoxy) is 1. The Bertz CT molecular complexity index is 1660. The summed E-state index contributed by atoms with van der Waals surface area (Å²) in [7, 11) is 2.07. The van der Waals surface area contributed by atoms with Crippen LogP contribution in [0, 0.1) is 23.5 Å². The van der Waals surface area contributed by atoms with Crippen LogP contribution in [0.4, 0.5) is 8.78 Å². The first kappa shape index (κ1) is 26.1. The van der Waals surface area contributed by atoms with Crippen molar-refractivity contribution in [3.8, 4) is 17.6 Å². The Morgan fingerprint density at radius 2 is 2.03 bits per heavy atom. The second-order valence-corrected chi connectivity index (χ2v) is 9.42. The predicted molar refractivity (Wildman–Crippen MR) is 144 cm³/mol. The standard InChI is InChI=1S/C30H26F2N4O3/c1-35-15-11-22(19-35)39-28-10-13-33-27-9-7-20(16-24(27)28)4-2-12-34-29(37)23-5-3-14-36(30(23)38)18-21-6-8-25(31)26(32)17-21/h3,5-10,13-14,16-17,22H,11-12,15,18-19H2,1H3,(H,34,37). The minimum atomic E-state index is -0.999. The summed E-state index contributed by atoms with van der Waals surface area (Å²) in [4.78, 5) is 32.1. The molecule has 1 aliphatic heterocycles.